The molecule has 2 rings (SSSR count). The molecule has 0 spiro atoms. The van der Waals surface area contributed by atoms with Crippen LogP contribution in [-0.2, 0) is 4.74 Å². The highest BCUT2D eigenvalue weighted by Crippen LogP contribution is 2.18. The summed E-state index contributed by atoms with van der Waals surface area (Å²) in [6.07, 6.45) is 3.90. The normalized spacial score (nSPS) is 19.9. The van der Waals surface area contributed by atoms with Crippen molar-refractivity contribution in [3.8, 4) is 0 Å². The third kappa shape index (κ3) is 3.06. The first kappa shape index (κ1) is 11.6. The lowest BCUT2D eigenvalue weighted by Gasteiger charge is -2.08. The fourth-order valence-corrected chi connectivity index (χ4v) is 2.07. The van der Waals surface area contributed by atoms with Gasteiger partial charge in [0.1, 0.15) is 0 Å². The van der Waals surface area contributed by atoms with Crippen LogP contribution in [0, 0.1) is 0 Å². The molecule has 0 aliphatic carbocycles. The van der Waals surface area contributed by atoms with Gasteiger partial charge in [-0.15, -0.1) is 0 Å². The Bertz CT molecular complexity index is 353. The van der Waals surface area contributed by atoms with E-state index in [0.29, 0.717) is 11.4 Å². The molecule has 1 aliphatic heterocycles. The van der Waals surface area contributed by atoms with Gasteiger partial charge in [-0.1, -0.05) is 11.6 Å². The Morgan fingerprint density at radius 3 is 2.75 bits per heavy atom. The number of carbonyl (C=O) groups excluding carboxylic acids is 1. The van der Waals surface area contributed by atoms with Gasteiger partial charge in [-0.25, -0.2) is 0 Å². The van der Waals surface area contributed by atoms with Crippen LogP contribution in [0.15, 0.2) is 24.3 Å². The molecule has 1 fully saturated rings. The molecule has 1 unspecified atom stereocenters. The molecule has 3 heteroatoms. The number of hydrogen-bond acceptors (Lipinski definition) is 2. The molecule has 86 valence electrons. The average molecular weight is 239 g/mol. The maximum absolute atomic E-state index is 11.8. The predicted molar refractivity (Wildman–Crippen MR) is 64.0 cm³/mol. The first-order chi connectivity index (χ1) is 7.75. The van der Waals surface area contributed by atoms with Gasteiger partial charge in [0.15, 0.2) is 5.78 Å². The highest BCUT2D eigenvalue weighted by Gasteiger charge is 2.17. The van der Waals surface area contributed by atoms with Crippen molar-refractivity contribution in [2.75, 3.05) is 6.61 Å². The summed E-state index contributed by atoms with van der Waals surface area (Å²) in [5.41, 5.74) is 0.738. The molecule has 0 N–H and O–H groups in total. The number of ether oxygens (including phenoxy) is 1. The minimum absolute atomic E-state index is 0.173. The van der Waals surface area contributed by atoms with E-state index in [9.17, 15) is 4.79 Å². The monoisotopic (exact) mass is 238 g/mol. The molecule has 0 amide bonds. The Hall–Kier alpha value is -0.860. The van der Waals surface area contributed by atoms with Gasteiger partial charge in [-0.05, 0) is 43.5 Å². The quantitative estimate of drug-likeness (QED) is 0.751. The van der Waals surface area contributed by atoms with Crippen LogP contribution in [-0.4, -0.2) is 18.5 Å². The van der Waals surface area contributed by atoms with E-state index in [1.807, 2.05) is 0 Å². The molecule has 1 aromatic carbocycles. The molecule has 1 saturated heterocycles. The third-order valence-electron chi connectivity index (χ3n) is 2.88. The van der Waals surface area contributed by atoms with Crippen molar-refractivity contribution in [3.63, 3.8) is 0 Å². The minimum Gasteiger partial charge on any atom is -0.378 e. The van der Waals surface area contributed by atoms with Crippen LogP contribution in [0.2, 0.25) is 5.02 Å². The molecular weight excluding hydrogens is 224 g/mol. The molecule has 16 heavy (non-hydrogen) atoms. The Labute approximate surface area is 101 Å². The van der Waals surface area contributed by atoms with Gasteiger partial charge in [-0.2, -0.15) is 0 Å². The number of hydrogen-bond donors (Lipinski definition) is 0. The van der Waals surface area contributed by atoms with Crippen LogP contribution in [0.5, 0.6) is 0 Å². The standard InChI is InChI=1S/C13H15ClO2/c14-11-5-3-10(4-6-11)13(15)8-7-12-2-1-9-16-12/h3-6,12H,1-2,7-9H2. The molecule has 1 aliphatic rings. The van der Waals surface area contributed by atoms with E-state index >= 15 is 0 Å². The fourth-order valence-electron chi connectivity index (χ4n) is 1.94. The lowest BCUT2D eigenvalue weighted by molar-refractivity contribution is 0.0859. The molecule has 0 saturated carbocycles. The van der Waals surface area contributed by atoms with Crippen molar-refractivity contribution in [2.45, 2.75) is 31.8 Å². The average Bonchev–Trinajstić information content (AvgIpc) is 2.80. The summed E-state index contributed by atoms with van der Waals surface area (Å²) in [7, 11) is 0. The van der Waals surface area contributed by atoms with Crippen molar-refractivity contribution in [2.24, 2.45) is 0 Å². The van der Waals surface area contributed by atoms with Gasteiger partial charge < -0.3 is 4.74 Å². The van der Waals surface area contributed by atoms with E-state index in [1.54, 1.807) is 24.3 Å². The summed E-state index contributed by atoms with van der Waals surface area (Å²) in [4.78, 5) is 11.8. The minimum atomic E-state index is 0.173. The maximum Gasteiger partial charge on any atom is 0.162 e. The van der Waals surface area contributed by atoms with Crippen LogP contribution >= 0.6 is 11.6 Å². The zero-order valence-electron chi connectivity index (χ0n) is 9.12. The van der Waals surface area contributed by atoms with Gasteiger partial charge in [0, 0.05) is 23.6 Å². The van der Waals surface area contributed by atoms with E-state index in [0.717, 1.165) is 31.4 Å². The summed E-state index contributed by atoms with van der Waals surface area (Å²) in [5, 5.41) is 0.663. The van der Waals surface area contributed by atoms with E-state index < -0.39 is 0 Å². The number of halogens is 1. The lowest BCUT2D eigenvalue weighted by atomic mass is 10.0. The number of benzene rings is 1. The molecule has 0 bridgehead atoms. The van der Waals surface area contributed by atoms with Gasteiger partial charge in [-0.3, -0.25) is 4.79 Å². The summed E-state index contributed by atoms with van der Waals surface area (Å²) in [6, 6.07) is 7.06. The third-order valence-corrected chi connectivity index (χ3v) is 3.14. The largest absolute Gasteiger partial charge is 0.378 e. The van der Waals surface area contributed by atoms with E-state index in [1.165, 1.54) is 0 Å². The number of Topliss-reactive ketones (excluding diaryl/α,β-unsaturated/α-hetero) is 1. The summed E-state index contributed by atoms with van der Waals surface area (Å²) >= 11 is 5.77. The van der Waals surface area contributed by atoms with Crippen molar-refractivity contribution >= 4 is 17.4 Å². The molecular formula is C13H15ClO2. The Kier molecular flexibility index (Phi) is 3.97. The summed E-state index contributed by atoms with van der Waals surface area (Å²) < 4.78 is 5.48. The van der Waals surface area contributed by atoms with Crippen LogP contribution in [0.1, 0.15) is 36.0 Å². The maximum atomic E-state index is 11.8. The first-order valence-corrected chi connectivity index (χ1v) is 6.04. The molecule has 1 heterocycles. The SMILES string of the molecule is O=C(CCC1CCCO1)c1ccc(Cl)cc1. The zero-order chi connectivity index (χ0) is 11.4. The highest BCUT2D eigenvalue weighted by molar-refractivity contribution is 6.30. The van der Waals surface area contributed by atoms with E-state index in [2.05, 4.69) is 0 Å². The van der Waals surface area contributed by atoms with Crippen LogP contribution in [0.4, 0.5) is 0 Å². The second-order valence-electron chi connectivity index (χ2n) is 4.10. The summed E-state index contributed by atoms with van der Waals surface area (Å²) in [6.45, 7) is 0.847. The fraction of sp³-hybridized carbons (Fsp3) is 0.462. The Morgan fingerprint density at radius 2 is 2.12 bits per heavy atom. The van der Waals surface area contributed by atoms with Crippen LogP contribution in [0.3, 0.4) is 0 Å². The van der Waals surface area contributed by atoms with Crippen molar-refractivity contribution in [3.05, 3.63) is 34.9 Å². The second-order valence-corrected chi connectivity index (χ2v) is 4.54. The van der Waals surface area contributed by atoms with Gasteiger partial charge >= 0.3 is 0 Å². The number of ketones is 1. The summed E-state index contributed by atoms with van der Waals surface area (Å²) in [5.74, 6) is 0.173. The van der Waals surface area contributed by atoms with E-state index in [4.69, 9.17) is 16.3 Å². The van der Waals surface area contributed by atoms with Crippen molar-refractivity contribution in [1.82, 2.24) is 0 Å². The van der Waals surface area contributed by atoms with Gasteiger partial charge in [0.2, 0.25) is 0 Å². The number of carbonyl (C=O) groups is 1. The molecule has 2 nitrogen and oxygen atoms in total. The second kappa shape index (κ2) is 5.46. The molecule has 1 atom stereocenters. The Balaban J connectivity index is 1.85. The Morgan fingerprint density at radius 1 is 1.38 bits per heavy atom. The topological polar surface area (TPSA) is 26.3 Å². The van der Waals surface area contributed by atoms with Crippen molar-refractivity contribution in [1.29, 1.82) is 0 Å². The van der Waals surface area contributed by atoms with Gasteiger partial charge in [0.25, 0.3) is 0 Å². The van der Waals surface area contributed by atoms with Crippen LogP contribution in [0.25, 0.3) is 0 Å². The predicted octanol–water partition coefficient (Wildman–Crippen LogP) is 3.48. The zero-order valence-corrected chi connectivity index (χ0v) is 9.87. The first-order valence-electron chi connectivity index (χ1n) is 5.66. The molecule has 0 radical (unpaired) electrons. The molecule has 1 aromatic rings. The van der Waals surface area contributed by atoms with Crippen LogP contribution < -0.4 is 0 Å². The molecule has 0 aromatic heterocycles. The van der Waals surface area contributed by atoms with Gasteiger partial charge in [0.05, 0.1) is 6.10 Å². The van der Waals surface area contributed by atoms with E-state index in [-0.39, 0.29) is 11.9 Å². The lowest BCUT2D eigenvalue weighted by Crippen LogP contribution is -2.08. The van der Waals surface area contributed by atoms with Crippen molar-refractivity contribution < 1.29 is 9.53 Å². The highest BCUT2D eigenvalue weighted by atomic mass is 35.5. The smallest absolute Gasteiger partial charge is 0.162 e. The number of rotatable bonds is 4.